The van der Waals surface area contributed by atoms with Gasteiger partial charge in [-0.05, 0) is 38.0 Å². The van der Waals surface area contributed by atoms with E-state index in [1.165, 1.54) is 5.56 Å². The Morgan fingerprint density at radius 1 is 1.33 bits per heavy atom. The van der Waals surface area contributed by atoms with Gasteiger partial charge in [0.25, 0.3) is 0 Å². The molecule has 3 N–H and O–H groups in total. The number of nitrogens with one attached hydrogen (secondary N) is 1. The molecule has 0 unspecified atom stereocenters. The highest BCUT2D eigenvalue weighted by Crippen LogP contribution is 2.24. The van der Waals surface area contributed by atoms with Crippen LogP contribution in [0, 0.1) is 13.8 Å². The van der Waals surface area contributed by atoms with Crippen LogP contribution in [-0.2, 0) is 13.0 Å². The number of methoxy groups -OCH3 is 1. The lowest BCUT2D eigenvalue weighted by atomic mass is 10.1. The molecule has 5 nitrogen and oxygen atoms in total. The molecule has 2 rings (SSSR count). The van der Waals surface area contributed by atoms with Crippen molar-refractivity contribution < 1.29 is 4.74 Å². The van der Waals surface area contributed by atoms with Crippen LogP contribution in [0.5, 0.6) is 5.75 Å². The number of ether oxygens (including phenoxy) is 1. The molecule has 0 aliphatic rings. The Balaban J connectivity index is 0.00000288. The lowest BCUT2D eigenvalue weighted by Gasteiger charge is -2.11. The van der Waals surface area contributed by atoms with E-state index in [9.17, 15) is 0 Å². The van der Waals surface area contributed by atoms with E-state index in [2.05, 4.69) is 34.3 Å². The lowest BCUT2D eigenvalue weighted by Crippen LogP contribution is -2.22. The van der Waals surface area contributed by atoms with Crippen molar-refractivity contribution in [1.29, 1.82) is 0 Å². The normalized spacial score (nSPS) is 10.9. The number of halogens is 1. The number of aromatic nitrogens is 1. The fourth-order valence-corrected chi connectivity index (χ4v) is 2.45. The van der Waals surface area contributed by atoms with E-state index in [0.717, 1.165) is 34.7 Å². The molecule has 0 amide bonds. The number of benzene rings is 1. The largest absolute Gasteiger partial charge is 0.496 e. The molecule has 0 saturated heterocycles. The van der Waals surface area contributed by atoms with E-state index in [1.54, 1.807) is 13.3 Å². The Kier molecular flexibility index (Phi) is 7.97. The first-order valence-corrected chi connectivity index (χ1v) is 7.70. The number of guanidine groups is 1. The molecule has 2 aromatic rings. The van der Waals surface area contributed by atoms with Crippen LogP contribution in [-0.4, -0.2) is 18.1 Å². The molecule has 1 aromatic heterocycles. The molecule has 0 radical (unpaired) electrons. The molecular weight excluding hydrogens is 415 g/mol. The third-order valence-electron chi connectivity index (χ3n) is 3.76. The van der Waals surface area contributed by atoms with Crippen LogP contribution >= 0.6 is 24.0 Å². The highest BCUT2D eigenvalue weighted by molar-refractivity contribution is 14.0. The van der Waals surface area contributed by atoms with Gasteiger partial charge in [-0.3, -0.25) is 4.98 Å². The van der Waals surface area contributed by atoms with Crippen LogP contribution in [0.15, 0.2) is 35.5 Å². The zero-order valence-electron chi connectivity index (χ0n) is 14.6. The number of hydrogen-bond acceptors (Lipinski definition) is 3. The van der Waals surface area contributed by atoms with Crippen molar-refractivity contribution in [3.63, 3.8) is 0 Å². The molecule has 6 heteroatoms. The summed E-state index contributed by atoms with van der Waals surface area (Å²) < 4.78 is 5.41. The van der Waals surface area contributed by atoms with Crippen LogP contribution in [0.4, 0.5) is 5.69 Å². The zero-order valence-corrected chi connectivity index (χ0v) is 16.9. The van der Waals surface area contributed by atoms with Crippen molar-refractivity contribution in [1.82, 2.24) is 4.98 Å². The molecule has 0 aliphatic heterocycles. The summed E-state index contributed by atoms with van der Waals surface area (Å²) in [4.78, 5) is 8.80. The van der Waals surface area contributed by atoms with Crippen LogP contribution in [0.3, 0.4) is 0 Å². The Morgan fingerprint density at radius 3 is 2.75 bits per heavy atom. The third kappa shape index (κ3) is 5.09. The predicted octanol–water partition coefficient (Wildman–Crippen LogP) is 3.81. The van der Waals surface area contributed by atoms with Crippen molar-refractivity contribution in [2.75, 3.05) is 12.4 Å². The first kappa shape index (κ1) is 20.2. The fraction of sp³-hybridized carbons (Fsp3) is 0.333. The second kappa shape index (κ2) is 9.46. The minimum atomic E-state index is 0. The number of aryl methyl sites for hydroxylation is 2. The van der Waals surface area contributed by atoms with Crippen molar-refractivity contribution in [3.05, 3.63) is 52.8 Å². The fourth-order valence-electron chi connectivity index (χ4n) is 2.45. The molecule has 0 fully saturated rings. The summed E-state index contributed by atoms with van der Waals surface area (Å²) in [6.45, 7) is 6.49. The van der Waals surface area contributed by atoms with Gasteiger partial charge in [0.1, 0.15) is 5.75 Å². The standard InChI is InChI=1S/C18H24N4O.HI/c1-5-14-7-6-8-15(9-14)22-18(19)21-11-16-13(3)17(23-4)12(2)10-20-16;/h6-10H,5,11H2,1-4H3,(H3,19,21,22);1H. The maximum Gasteiger partial charge on any atom is 0.193 e. The minimum absolute atomic E-state index is 0. The smallest absolute Gasteiger partial charge is 0.193 e. The Hall–Kier alpha value is -1.83. The first-order valence-electron chi connectivity index (χ1n) is 7.70. The van der Waals surface area contributed by atoms with Crippen molar-refractivity contribution in [2.24, 2.45) is 10.7 Å². The maximum atomic E-state index is 5.98. The Labute approximate surface area is 160 Å². The summed E-state index contributed by atoms with van der Waals surface area (Å²) in [5.74, 6) is 1.23. The average molecular weight is 440 g/mol. The molecule has 24 heavy (non-hydrogen) atoms. The SMILES string of the molecule is CCc1cccc(NC(N)=NCc2ncc(C)c(OC)c2C)c1.I. The van der Waals surface area contributed by atoms with E-state index in [-0.39, 0.29) is 24.0 Å². The highest BCUT2D eigenvalue weighted by atomic mass is 127. The van der Waals surface area contributed by atoms with Gasteiger partial charge < -0.3 is 15.8 Å². The van der Waals surface area contributed by atoms with Gasteiger partial charge in [0, 0.05) is 23.0 Å². The molecule has 0 atom stereocenters. The topological polar surface area (TPSA) is 72.5 Å². The number of anilines is 1. The van der Waals surface area contributed by atoms with E-state index in [4.69, 9.17) is 10.5 Å². The number of hydrogen-bond donors (Lipinski definition) is 2. The van der Waals surface area contributed by atoms with Gasteiger partial charge in [0.2, 0.25) is 0 Å². The molecule has 0 bridgehead atoms. The summed E-state index contributed by atoms with van der Waals surface area (Å²) in [6, 6.07) is 8.14. The number of nitrogens with two attached hydrogens (primary N) is 1. The first-order chi connectivity index (χ1) is 11.0. The molecule has 0 saturated carbocycles. The van der Waals surface area contributed by atoms with Gasteiger partial charge in [-0.1, -0.05) is 19.1 Å². The van der Waals surface area contributed by atoms with E-state index < -0.39 is 0 Å². The maximum absolute atomic E-state index is 5.98. The zero-order chi connectivity index (χ0) is 16.8. The molecule has 1 heterocycles. The number of rotatable bonds is 5. The van der Waals surface area contributed by atoms with Crippen LogP contribution < -0.4 is 15.8 Å². The van der Waals surface area contributed by atoms with E-state index in [0.29, 0.717) is 12.5 Å². The Morgan fingerprint density at radius 2 is 2.08 bits per heavy atom. The van der Waals surface area contributed by atoms with Gasteiger partial charge in [-0.2, -0.15) is 0 Å². The minimum Gasteiger partial charge on any atom is -0.496 e. The molecule has 1 aromatic carbocycles. The van der Waals surface area contributed by atoms with Crippen molar-refractivity contribution >= 4 is 35.6 Å². The van der Waals surface area contributed by atoms with Crippen LogP contribution in [0.1, 0.15) is 29.3 Å². The third-order valence-corrected chi connectivity index (χ3v) is 3.76. The van der Waals surface area contributed by atoms with E-state index in [1.807, 2.05) is 26.0 Å². The molecular formula is C18H25IN4O. The predicted molar refractivity (Wildman–Crippen MR) is 110 cm³/mol. The second-order valence-corrected chi connectivity index (χ2v) is 5.43. The molecule has 0 aliphatic carbocycles. The lowest BCUT2D eigenvalue weighted by molar-refractivity contribution is 0.407. The van der Waals surface area contributed by atoms with Gasteiger partial charge in [0.05, 0.1) is 19.3 Å². The van der Waals surface area contributed by atoms with Gasteiger partial charge in [-0.25, -0.2) is 4.99 Å². The van der Waals surface area contributed by atoms with Gasteiger partial charge in [-0.15, -0.1) is 24.0 Å². The summed E-state index contributed by atoms with van der Waals surface area (Å²) in [6.07, 6.45) is 2.78. The monoisotopic (exact) mass is 440 g/mol. The second-order valence-electron chi connectivity index (χ2n) is 5.43. The summed E-state index contributed by atoms with van der Waals surface area (Å²) in [7, 11) is 1.67. The summed E-state index contributed by atoms with van der Waals surface area (Å²) >= 11 is 0. The van der Waals surface area contributed by atoms with Crippen LogP contribution in [0.25, 0.3) is 0 Å². The van der Waals surface area contributed by atoms with Gasteiger partial charge in [0.15, 0.2) is 5.96 Å². The number of aliphatic imine (C=N–C) groups is 1. The van der Waals surface area contributed by atoms with Crippen LogP contribution in [0.2, 0.25) is 0 Å². The van der Waals surface area contributed by atoms with E-state index >= 15 is 0 Å². The van der Waals surface area contributed by atoms with Gasteiger partial charge >= 0.3 is 0 Å². The Bertz CT molecular complexity index is 716. The number of nitrogens with zero attached hydrogens (tertiary/aromatic N) is 2. The molecule has 0 spiro atoms. The quantitative estimate of drug-likeness (QED) is 0.422. The van der Waals surface area contributed by atoms with Crippen molar-refractivity contribution in [2.45, 2.75) is 33.7 Å². The highest BCUT2D eigenvalue weighted by Gasteiger charge is 2.09. The van der Waals surface area contributed by atoms with Crippen molar-refractivity contribution in [3.8, 4) is 5.75 Å². The summed E-state index contributed by atoms with van der Waals surface area (Å²) in [5, 5.41) is 3.12. The number of pyridine rings is 1. The summed E-state index contributed by atoms with van der Waals surface area (Å²) in [5.41, 5.74) is 11.0. The average Bonchev–Trinajstić information content (AvgIpc) is 2.55. The molecule has 130 valence electrons.